The van der Waals surface area contributed by atoms with Crippen LogP contribution in [0.4, 0.5) is 0 Å². The van der Waals surface area contributed by atoms with Crippen LogP contribution in [-0.2, 0) is 14.3 Å². The van der Waals surface area contributed by atoms with Crippen molar-refractivity contribution in [2.75, 3.05) is 0 Å². The Morgan fingerprint density at radius 3 is 2.38 bits per heavy atom. The van der Waals surface area contributed by atoms with E-state index < -0.39 is 10.1 Å². The summed E-state index contributed by atoms with van der Waals surface area (Å²) < 4.78 is 27.4. The van der Waals surface area contributed by atoms with Gasteiger partial charge >= 0.3 is 0 Å². The minimum Gasteiger partial charge on any atom is -0.264 e. The van der Waals surface area contributed by atoms with Gasteiger partial charge in [-0.2, -0.15) is 8.42 Å². The van der Waals surface area contributed by atoms with E-state index in [0.29, 0.717) is 15.8 Å². The minimum absolute atomic E-state index is 0.0718. The summed E-state index contributed by atoms with van der Waals surface area (Å²) in [6.07, 6.45) is 0. The lowest BCUT2D eigenvalue weighted by Crippen LogP contribution is -2.02. The number of halogens is 1. The van der Waals surface area contributed by atoms with Crippen molar-refractivity contribution in [3.05, 3.63) is 48.5 Å². The molecule has 0 bridgehead atoms. The molecule has 3 nitrogen and oxygen atoms in total. The third kappa shape index (κ3) is 1.80. The third-order valence-corrected chi connectivity index (χ3v) is 3.79. The van der Waals surface area contributed by atoms with Gasteiger partial charge in [0, 0.05) is 15.8 Å². The zero-order valence-corrected chi connectivity index (χ0v) is 9.75. The van der Waals surface area contributed by atoms with E-state index in [9.17, 15) is 8.42 Å². The van der Waals surface area contributed by atoms with Crippen LogP contribution in [0.25, 0.3) is 10.8 Å². The van der Waals surface area contributed by atoms with Crippen LogP contribution in [0.3, 0.4) is 0 Å². The highest BCUT2D eigenvalue weighted by Crippen LogP contribution is 2.29. The molecule has 0 saturated heterocycles. The van der Waals surface area contributed by atoms with Gasteiger partial charge < -0.3 is 0 Å². The van der Waals surface area contributed by atoms with Crippen molar-refractivity contribution in [3.8, 4) is 0 Å². The Morgan fingerprint density at radius 1 is 1.06 bits per heavy atom. The van der Waals surface area contributed by atoms with Crippen molar-refractivity contribution in [3.63, 3.8) is 0 Å². The molecule has 0 heterocycles. The molecule has 0 aliphatic rings. The molecule has 0 spiro atoms. The van der Waals surface area contributed by atoms with Gasteiger partial charge in [-0.05, 0) is 12.1 Å². The summed E-state index contributed by atoms with van der Waals surface area (Å²) in [5, 5.41) is 1.69. The van der Waals surface area contributed by atoms with Crippen LogP contribution in [0.2, 0.25) is 5.02 Å². The van der Waals surface area contributed by atoms with Crippen LogP contribution in [0, 0.1) is 7.11 Å². The van der Waals surface area contributed by atoms with E-state index in [1.165, 1.54) is 6.07 Å². The smallest absolute Gasteiger partial charge is 0.264 e. The molecule has 5 heteroatoms. The third-order valence-electron chi connectivity index (χ3n) is 2.25. The predicted molar refractivity (Wildman–Crippen MR) is 62.6 cm³/mol. The topological polar surface area (TPSA) is 43.4 Å². The van der Waals surface area contributed by atoms with E-state index in [1.807, 2.05) is 0 Å². The van der Waals surface area contributed by atoms with Gasteiger partial charge in [0.05, 0.1) is 7.11 Å². The molecule has 0 aliphatic heterocycles. The van der Waals surface area contributed by atoms with Crippen molar-refractivity contribution in [2.45, 2.75) is 4.90 Å². The van der Waals surface area contributed by atoms with Crippen molar-refractivity contribution in [1.82, 2.24) is 0 Å². The summed E-state index contributed by atoms with van der Waals surface area (Å²) in [6, 6.07) is 9.88. The van der Waals surface area contributed by atoms with Gasteiger partial charge in [0.15, 0.2) is 0 Å². The molecule has 0 aromatic heterocycles. The second-order valence-corrected chi connectivity index (χ2v) is 5.15. The van der Waals surface area contributed by atoms with Crippen LogP contribution < -0.4 is 0 Å². The van der Waals surface area contributed by atoms with E-state index >= 15 is 0 Å². The van der Waals surface area contributed by atoms with Gasteiger partial charge in [0.1, 0.15) is 4.90 Å². The Kier molecular flexibility index (Phi) is 2.88. The molecule has 2 aromatic rings. The zero-order chi connectivity index (χ0) is 11.8. The van der Waals surface area contributed by atoms with Crippen molar-refractivity contribution in [2.24, 2.45) is 0 Å². The molecular weight excluding hydrogens is 248 g/mol. The highest BCUT2D eigenvalue weighted by molar-refractivity contribution is 7.87. The molecule has 16 heavy (non-hydrogen) atoms. The Labute approximate surface area is 98.7 Å². The number of hydrogen-bond acceptors (Lipinski definition) is 3. The molecule has 1 radical (unpaired) electrons. The Hall–Kier alpha value is -1.10. The van der Waals surface area contributed by atoms with Crippen LogP contribution in [0.5, 0.6) is 0 Å². The molecule has 0 saturated carbocycles. The summed E-state index contributed by atoms with van der Waals surface area (Å²) in [7, 11) is -0.869. The van der Waals surface area contributed by atoms with Crippen molar-refractivity contribution < 1.29 is 12.6 Å². The van der Waals surface area contributed by atoms with Gasteiger partial charge in [-0.1, -0.05) is 35.9 Å². The Bertz CT molecular complexity index is 635. The first-order chi connectivity index (χ1) is 7.56. The first-order valence-corrected chi connectivity index (χ1v) is 6.21. The lowest BCUT2D eigenvalue weighted by molar-refractivity contribution is 0.439. The largest absolute Gasteiger partial charge is 0.297 e. The summed E-state index contributed by atoms with van der Waals surface area (Å²) in [4.78, 5) is 0.0718. The molecule has 0 N–H and O–H groups in total. The summed E-state index contributed by atoms with van der Waals surface area (Å²) >= 11 is 5.97. The fourth-order valence-corrected chi connectivity index (χ4v) is 2.58. The molecule has 0 atom stereocenters. The fraction of sp³-hybridized carbons (Fsp3) is 0. The standard InChI is InChI=1S/C11H8ClO3S/c1-15-16(13,14)11-7-3-4-8-9(11)5-2-6-10(8)12/h2-7H,1H2. The van der Waals surface area contributed by atoms with Gasteiger partial charge in [0.25, 0.3) is 10.1 Å². The van der Waals surface area contributed by atoms with Crippen LogP contribution in [-0.4, -0.2) is 8.42 Å². The predicted octanol–water partition coefficient (Wildman–Crippen LogP) is 2.99. The average molecular weight is 256 g/mol. The quantitative estimate of drug-likeness (QED) is 0.775. The fourth-order valence-electron chi connectivity index (χ4n) is 1.52. The van der Waals surface area contributed by atoms with E-state index in [2.05, 4.69) is 11.3 Å². The maximum absolute atomic E-state index is 11.6. The lowest BCUT2D eigenvalue weighted by Gasteiger charge is -2.06. The monoisotopic (exact) mass is 255 g/mol. The first-order valence-electron chi connectivity index (χ1n) is 4.42. The van der Waals surface area contributed by atoms with Crippen LogP contribution in [0.1, 0.15) is 0 Å². The maximum atomic E-state index is 11.6. The summed E-state index contributed by atoms with van der Waals surface area (Å²) in [5.74, 6) is 0. The first kappa shape index (κ1) is 11.4. The highest BCUT2D eigenvalue weighted by atomic mass is 35.5. The van der Waals surface area contributed by atoms with E-state index in [0.717, 1.165) is 0 Å². The van der Waals surface area contributed by atoms with Gasteiger partial charge in [-0.15, -0.1) is 0 Å². The SMILES string of the molecule is [CH2]OS(=O)(=O)c1cccc2c(Cl)cccc12. The zero-order valence-electron chi connectivity index (χ0n) is 8.18. The molecule has 83 valence electrons. The van der Waals surface area contributed by atoms with E-state index in [4.69, 9.17) is 11.6 Å². The molecule has 0 amide bonds. The highest BCUT2D eigenvalue weighted by Gasteiger charge is 2.16. The van der Waals surface area contributed by atoms with Crippen molar-refractivity contribution >= 4 is 32.5 Å². The number of rotatable bonds is 2. The van der Waals surface area contributed by atoms with Crippen molar-refractivity contribution in [1.29, 1.82) is 0 Å². The van der Waals surface area contributed by atoms with Crippen LogP contribution >= 0.6 is 11.6 Å². The Morgan fingerprint density at radius 2 is 1.69 bits per heavy atom. The molecule has 0 aliphatic carbocycles. The lowest BCUT2D eigenvalue weighted by atomic mass is 10.1. The summed E-state index contributed by atoms with van der Waals surface area (Å²) in [5.41, 5.74) is 0. The molecular formula is C11H8ClO3S. The normalized spacial score (nSPS) is 11.9. The van der Waals surface area contributed by atoms with Crippen LogP contribution in [0.15, 0.2) is 41.3 Å². The molecule has 0 unspecified atom stereocenters. The summed E-state index contributed by atoms with van der Waals surface area (Å²) in [6.45, 7) is 0. The molecule has 2 rings (SSSR count). The average Bonchev–Trinajstić information content (AvgIpc) is 2.29. The van der Waals surface area contributed by atoms with Gasteiger partial charge in [0.2, 0.25) is 0 Å². The molecule has 2 aromatic carbocycles. The Balaban J connectivity index is 2.88. The van der Waals surface area contributed by atoms with E-state index in [-0.39, 0.29) is 4.90 Å². The maximum Gasteiger partial charge on any atom is 0.297 e. The molecule has 0 fully saturated rings. The van der Waals surface area contributed by atoms with E-state index in [1.54, 1.807) is 30.3 Å². The number of benzene rings is 2. The number of fused-ring (bicyclic) bond motifs is 1. The second-order valence-electron chi connectivity index (χ2n) is 3.16. The minimum atomic E-state index is -3.81. The van der Waals surface area contributed by atoms with Gasteiger partial charge in [-0.25, -0.2) is 0 Å². The van der Waals surface area contributed by atoms with Gasteiger partial charge in [-0.3, -0.25) is 4.18 Å². The number of hydrogen-bond donors (Lipinski definition) is 0. The second kappa shape index (κ2) is 4.05.